The normalized spacial score (nSPS) is 23.2. The highest BCUT2D eigenvalue weighted by Crippen LogP contribution is 2.11. The minimum atomic E-state index is 1.22. The van der Waals surface area contributed by atoms with Gasteiger partial charge in [-0.05, 0) is 37.4 Å². The maximum absolute atomic E-state index is 3.43. The molecule has 0 amide bonds. The van der Waals surface area contributed by atoms with Gasteiger partial charge in [0.25, 0.3) is 5.84 Å². The van der Waals surface area contributed by atoms with Gasteiger partial charge in [0, 0.05) is 0 Å². The molecule has 0 aromatic rings. The van der Waals surface area contributed by atoms with Crippen molar-refractivity contribution in [1.29, 1.82) is 0 Å². The van der Waals surface area contributed by atoms with Gasteiger partial charge in [0.05, 0.1) is 0 Å². The lowest BCUT2D eigenvalue weighted by molar-refractivity contribution is 0.668. The van der Waals surface area contributed by atoms with Crippen molar-refractivity contribution in [3.05, 3.63) is 0 Å². The monoisotopic (exact) mass is 175 g/mol. The molecule has 10 heavy (non-hydrogen) atoms. The summed E-state index contributed by atoms with van der Waals surface area (Å²) in [6, 6.07) is 0. The Morgan fingerprint density at radius 3 is 2.20 bits per heavy atom. The number of hydrogen-bond acceptors (Lipinski definition) is 3. The van der Waals surface area contributed by atoms with E-state index in [1.165, 1.54) is 43.3 Å². The first kappa shape index (κ1) is 8.82. The van der Waals surface area contributed by atoms with Crippen molar-refractivity contribution < 1.29 is 0 Å². The maximum Gasteiger partial charge on any atom is 0.256 e. The summed E-state index contributed by atoms with van der Waals surface area (Å²) in [5.41, 5.74) is 0. The molecule has 1 aliphatic heterocycles. The highest BCUT2D eigenvalue weighted by molar-refractivity contribution is 8.50. The van der Waals surface area contributed by atoms with Crippen LogP contribution in [-0.2, 0) is 0 Å². The molecular weight excluding hydrogens is 161 g/mol. The summed E-state index contributed by atoms with van der Waals surface area (Å²) < 4.78 is 0. The van der Waals surface area contributed by atoms with Gasteiger partial charge >= 0.3 is 0 Å². The van der Waals surface area contributed by atoms with Crippen molar-refractivity contribution in [2.75, 3.05) is 24.6 Å². The average Bonchev–Trinajstić information content (AvgIpc) is 2.01. The third-order valence-electron chi connectivity index (χ3n) is 1.45. The standard InChI is InChI=1S/C6H14BNS2/c1-3-8-4-2-6-10-7-9-5-1/h7-8H,1-6H2. The molecule has 4 heteroatoms. The van der Waals surface area contributed by atoms with E-state index in [0.717, 1.165) is 0 Å². The van der Waals surface area contributed by atoms with Crippen LogP contribution >= 0.6 is 23.2 Å². The van der Waals surface area contributed by atoms with Crippen LogP contribution in [0.2, 0.25) is 0 Å². The zero-order valence-electron chi connectivity index (χ0n) is 6.27. The SMILES string of the molecule is B1SCCCNCCCS1. The molecular formula is C6H14BNS2. The molecule has 0 spiro atoms. The summed E-state index contributed by atoms with van der Waals surface area (Å²) in [4.78, 5) is 0. The van der Waals surface area contributed by atoms with Gasteiger partial charge in [0.1, 0.15) is 0 Å². The maximum atomic E-state index is 3.43. The molecule has 1 rings (SSSR count). The Labute approximate surface area is 72.1 Å². The lowest BCUT2D eigenvalue weighted by atomic mass is 10.4. The van der Waals surface area contributed by atoms with Crippen molar-refractivity contribution >= 4 is 29.1 Å². The molecule has 0 atom stereocenters. The fourth-order valence-electron chi connectivity index (χ4n) is 0.900. The smallest absolute Gasteiger partial charge is 0.256 e. The Morgan fingerprint density at radius 1 is 1.00 bits per heavy atom. The van der Waals surface area contributed by atoms with E-state index < -0.39 is 0 Å². The van der Waals surface area contributed by atoms with Crippen LogP contribution < -0.4 is 5.32 Å². The number of hydrogen-bond donors (Lipinski definition) is 1. The van der Waals surface area contributed by atoms with E-state index in [0.29, 0.717) is 0 Å². The van der Waals surface area contributed by atoms with Crippen LogP contribution in [0.3, 0.4) is 0 Å². The van der Waals surface area contributed by atoms with E-state index in [1.807, 2.05) is 0 Å². The van der Waals surface area contributed by atoms with Gasteiger partial charge in [-0.1, -0.05) is 0 Å². The summed E-state index contributed by atoms with van der Waals surface area (Å²) >= 11 is 4.15. The molecule has 1 heterocycles. The molecule has 0 aromatic heterocycles. The fraction of sp³-hybridized carbons (Fsp3) is 1.00. The number of nitrogens with one attached hydrogen (secondary N) is 1. The largest absolute Gasteiger partial charge is 0.317 e. The van der Waals surface area contributed by atoms with E-state index in [9.17, 15) is 0 Å². The second kappa shape index (κ2) is 6.44. The predicted octanol–water partition coefficient (Wildman–Crippen LogP) is 1.10. The Bertz CT molecular complexity index is 48.9. The highest BCUT2D eigenvalue weighted by atomic mass is 32.2. The Morgan fingerprint density at radius 2 is 1.60 bits per heavy atom. The molecule has 0 aromatic carbocycles. The van der Waals surface area contributed by atoms with Crippen molar-refractivity contribution in [3.8, 4) is 0 Å². The zero-order valence-corrected chi connectivity index (χ0v) is 7.90. The summed E-state index contributed by atoms with van der Waals surface area (Å²) in [5, 5.41) is 3.43. The molecule has 0 bridgehead atoms. The second-order valence-corrected chi connectivity index (χ2v) is 4.97. The van der Waals surface area contributed by atoms with Crippen LogP contribution in [0.25, 0.3) is 0 Å². The molecule has 0 unspecified atom stereocenters. The van der Waals surface area contributed by atoms with E-state index in [2.05, 4.69) is 28.5 Å². The summed E-state index contributed by atoms with van der Waals surface area (Å²) in [5.74, 6) is 3.97. The molecule has 58 valence electrons. The minimum Gasteiger partial charge on any atom is -0.317 e. The van der Waals surface area contributed by atoms with Gasteiger partial charge < -0.3 is 5.32 Å². The lowest BCUT2D eigenvalue weighted by Gasteiger charge is -2.07. The molecule has 1 N–H and O–H groups in total. The van der Waals surface area contributed by atoms with Crippen molar-refractivity contribution in [2.24, 2.45) is 0 Å². The average molecular weight is 175 g/mol. The zero-order chi connectivity index (χ0) is 7.07. The molecule has 1 nitrogen and oxygen atoms in total. The van der Waals surface area contributed by atoms with Crippen LogP contribution in [0.1, 0.15) is 12.8 Å². The minimum absolute atomic E-state index is 1.22. The third kappa shape index (κ3) is 4.53. The second-order valence-electron chi connectivity index (χ2n) is 2.39. The number of rotatable bonds is 0. The van der Waals surface area contributed by atoms with Crippen molar-refractivity contribution in [2.45, 2.75) is 12.8 Å². The summed E-state index contributed by atoms with van der Waals surface area (Å²) in [6.45, 7) is 2.44. The van der Waals surface area contributed by atoms with E-state index in [4.69, 9.17) is 0 Å². The van der Waals surface area contributed by atoms with Crippen molar-refractivity contribution in [1.82, 2.24) is 5.32 Å². The third-order valence-corrected chi connectivity index (χ3v) is 3.94. The van der Waals surface area contributed by atoms with Crippen LogP contribution in [0.4, 0.5) is 0 Å². The Balaban J connectivity index is 2.00. The van der Waals surface area contributed by atoms with Crippen LogP contribution in [-0.4, -0.2) is 30.4 Å². The Kier molecular flexibility index (Phi) is 5.68. The first-order valence-corrected chi connectivity index (χ1v) is 6.17. The fourth-order valence-corrected chi connectivity index (χ4v) is 3.01. The molecule has 1 fully saturated rings. The summed E-state index contributed by atoms with van der Waals surface area (Å²) in [7, 11) is 0. The first-order valence-electron chi connectivity index (χ1n) is 3.86. The molecule has 0 aliphatic carbocycles. The molecule has 1 aliphatic rings. The van der Waals surface area contributed by atoms with Crippen LogP contribution in [0, 0.1) is 0 Å². The van der Waals surface area contributed by atoms with Crippen LogP contribution in [0.5, 0.6) is 0 Å². The topological polar surface area (TPSA) is 12.0 Å². The predicted molar refractivity (Wildman–Crippen MR) is 54.2 cm³/mol. The Hall–Kier alpha value is 0.725. The van der Waals surface area contributed by atoms with E-state index in [-0.39, 0.29) is 0 Å². The van der Waals surface area contributed by atoms with Gasteiger partial charge in [-0.15, -0.1) is 0 Å². The van der Waals surface area contributed by atoms with Gasteiger partial charge in [-0.25, -0.2) is 0 Å². The highest BCUT2D eigenvalue weighted by Gasteiger charge is 1.96. The summed E-state index contributed by atoms with van der Waals surface area (Å²) in [6.07, 6.45) is 2.68. The van der Waals surface area contributed by atoms with Gasteiger partial charge in [-0.2, -0.15) is 23.2 Å². The molecule has 0 saturated carbocycles. The van der Waals surface area contributed by atoms with Gasteiger partial charge in [0.2, 0.25) is 0 Å². The van der Waals surface area contributed by atoms with Crippen LogP contribution in [0.15, 0.2) is 0 Å². The van der Waals surface area contributed by atoms with Gasteiger partial charge in [-0.3, -0.25) is 0 Å². The molecule has 0 radical (unpaired) electrons. The van der Waals surface area contributed by atoms with Crippen molar-refractivity contribution in [3.63, 3.8) is 0 Å². The first-order chi connectivity index (χ1) is 5.00. The molecule has 1 saturated heterocycles. The van der Waals surface area contributed by atoms with Gasteiger partial charge in [0.15, 0.2) is 0 Å². The lowest BCUT2D eigenvalue weighted by Crippen LogP contribution is -2.18. The van der Waals surface area contributed by atoms with E-state index in [1.54, 1.807) is 0 Å². The quantitative estimate of drug-likeness (QED) is 0.554. The van der Waals surface area contributed by atoms with E-state index >= 15 is 0 Å².